The number of hydrogen-bond donors (Lipinski definition) is 1. The third-order valence-corrected chi connectivity index (χ3v) is 2.21. The molecule has 1 aromatic heterocycles. The fourth-order valence-corrected chi connectivity index (χ4v) is 1.57. The predicted molar refractivity (Wildman–Crippen MR) is 63.9 cm³/mol. The lowest BCUT2D eigenvalue weighted by atomic mass is 10.1. The molecule has 1 N–H and O–H groups in total. The van der Waals surface area contributed by atoms with Crippen molar-refractivity contribution >= 4 is 11.6 Å². The highest BCUT2D eigenvalue weighted by atomic mass is 19.1. The first-order valence-electron chi connectivity index (χ1n) is 5.14. The highest BCUT2D eigenvalue weighted by molar-refractivity contribution is 5.89. The van der Waals surface area contributed by atoms with Crippen molar-refractivity contribution in [1.29, 1.82) is 0 Å². The van der Waals surface area contributed by atoms with Crippen molar-refractivity contribution in [2.45, 2.75) is 6.92 Å². The maximum atomic E-state index is 13.4. The van der Waals surface area contributed by atoms with Gasteiger partial charge in [-0.05, 0) is 29.8 Å². The van der Waals surface area contributed by atoms with Crippen molar-refractivity contribution in [3.05, 3.63) is 48.5 Å². The summed E-state index contributed by atoms with van der Waals surface area (Å²) >= 11 is 0. The van der Waals surface area contributed by atoms with E-state index >= 15 is 0 Å². The van der Waals surface area contributed by atoms with E-state index in [9.17, 15) is 9.18 Å². The van der Waals surface area contributed by atoms with E-state index in [0.29, 0.717) is 11.3 Å². The Balaban J connectivity index is 2.42. The molecule has 0 radical (unpaired) electrons. The summed E-state index contributed by atoms with van der Waals surface area (Å²) in [6, 6.07) is 8.00. The molecule has 3 nitrogen and oxygen atoms in total. The van der Waals surface area contributed by atoms with Gasteiger partial charge in [-0.1, -0.05) is 6.07 Å². The molecule has 1 heterocycles. The Kier molecular flexibility index (Phi) is 3.14. The summed E-state index contributed by atoms with van der Waals surface area (Å²) in [5.41, 5.74) is 1.93. The number of amides is 1. The number of aromatic nitrogens is 1. The van der Waals surface area contributed by atoms with E-state index < -0.39 is 5.82 Å². The number of nitrogens with one attached hydrogen (secondary N) is 1. The molecule has 0 fully saturated rings. The van der Waals surface area contributed by atoms with Crippen molar-refractivity contribution in [3.63, 3.8) is 0 Å². The Bertz CT molecular complexity index is 540. The number of carbonyl (C=O) groups excluding carboxylic acids is 1. The van der Waals surface area contributed by atoms with Gasteiger partial charge in [-0.3, -0.25) is 9.78 Å². The summed E-state index contributed by atoms with van der Waals surface area (Å²) in [4.78, 5) is 14.9. The minimum Gasteiger partial charge on any atom is -0.326 e. The van der Waals surface area contributed by atoms with Crippen LogP contribution in [0.15, 0.2) is 42.7 Å². The summed E-state index contributed by atoms with van der Waals surface area (Å²) in [5.74, 6) is -0.622. The fourth-order valence-electron chi connectivity index (χ4n) is 1.57. The zero-order chi connectivity index (χ0) is 12.3. The number of hydrogen-bond acceptors (Lipinski definition) is 2. The van der Waals surface area contributed by atoms with Crippen LogP contribution >= 0.6 is 0 Å². The van der Waals surface area contributed by atoms with Crippen LogP contribution in [-0.2, 0) is 4.79 Å². The third-order valence-electron chi connectivity index (χ3n) is 2.21. The Labute approximate surface area is 98.3 Å². The summed E-state index contributed by atoms with van der Waals surface area (Å²) in [6.07, 6.45) is 3.30. The standard InChI is InChI=1S/C13H11FN2O/c1-9(17)16-13-6-11(5-12(14)7-13)10-3-2-4-15-8-10/h2-8H,1H3,(H,16,17). The molecular weight excluding hydrogens is 219 g/mol. The van der Waals surface area contributed by atoms with Gasteiger partial charge in [-0.2, -0.15) is 0 Å². The van der Waals surface area contributed by atoms with Crippen LogP contribution in [0.2, 0.25) is 0 Å². The number of pyridine rings is 1. The van der Waals surface area contributed by atoms with Crippen molar-refractivity contribution in [2.24, 2.45) is 0 Å². The van der Waals surface area contributed by atoms with E-state index in [4.69, 9.17) is 0 Å². The number of anilines is 1. The van der Waals surface area contributed by atoms with E-state index in [1.165, 1.54) is 19.1 Å². The number of rotatable bonds is 2. The van der Waals surface area contributed by atoms with Gasteiger partial charge in [0.1, 0.15) is 5.82 Å². The smallest absolute Gasteiger partial charge is 0.221 e. The highest BCUT2D eigenvalue weighted by Gasteiger charge is 2.04. The van der Waals surface area contributed by atoms with Crippen LogP contribution in [0.25, 0.3) is 11.1 Å². The second-order valence-electron chi connectivity index (χ2n) is 3.65. The Hall–Kier alpha value is -2.23. The molecule has 17 heavy (non-hydrogen) atoms. The van der Waals surface area contributed by atoms with Crippen LogP contribution in [-0.4, -0.2) is 10.9 Å². The SMILES string of the molecule is CC(=O)Nc1cc(F)cc(-c2cccnc2)c1. The summed E-state index contributed by atoms with van der Waals surface area (Å²) in [7, 11) is 0. The number of nitrogens with zero attached hydrogens (tertiary/aromatic N) is 1. The van der Waals surface area contributed by atoms with E-state index in [-0.39, 0.29) is 5.91 Å². The van der Waals surface area contributed by atoms with Gasteiger partial charge in [-0.15, -0.1) is 0 Å². The van der Waals surface area contributed by atoms with Crippen molar-refractivity contribution in [2.75, 3.05) is 5.32 Å². The first-order valence-corrected chi connectivity index (χ1v) is 5.14. The molecule has 0 aliphatic rings. The van der Waals surface area contributed by atoms with Gasteiger partial charge in [0.15, 0.2) is 0 Å². The predicted octanol–water partition coefficient (Wildman–Crippen LogP) is 2.85. The number of benzene rings is 1. The van der Waals surface area contributed by atoms with Gasteiger partial charge >= 0.3 is 0 Å². The van der Waals surface area contributed by atoms with Crippen molar-refractivity contribution in [1.82, 2.24) is 4.98 Å². The largest absolute Gasteiger partial charge is 0.326 e. The molecule has 1 amide bonds. The zero-order valence-electron chi connectivity index (χ0n) is 9.27. The van der Waals surface area contributed by atoms with Crippen LogP contribution in [0, 0.1) is 5.82 Å². The molecular formula is C13H11FN2O. The summed E-state index contributed by atoms with van der Waals surface area (Å²) in [5, 5.41) is 2.56. The molecule has 0 saturated heterocycles. The molecule has 86 valence electrons. The number of carbonyl (C=O) groups is 1. The van der Waals surface area contributed by atoms with E-state index in [1.54, 1.807) is 24.5 Å². The third kappa shape index (κ3) is 2.87. The number of halogens is 1. The van der Waals surface area contributed by atoms with Crippen molar-refractivity contribution in [3.8, 4) is 11.1 Å². The van der Waals surface area contributed by atoms with E-state index in [2.05, 4.69) is 10.3 Å². The Morgan fingerprint density at radius 2 is 2.12 bits per heavy atom. The van der Waals surface area contributed by atoms with Gasteiger partial charge in [0.05, 0.1) is 0 Å². The average Bonchev–Trinajstić information content (AvgIpc) is 2.28. The second-order valence-corrected chi connectivity index (χ2v) is 3.65. The molecule has 0 aliphatic carbocycles. The minimum absolute atomic E-state index is 0.229. The lowest BCUT2D eigenvalue weighted by molar-refractivity contribution is -0.114. The fraction of sp³-hybridized carbons (Fsp3) is 0.0769. The minimum atomic E-state index is -0.393. The molecule has 2 rings (SSSR count). The first-order chi connectivity index (χ1) is 8.15. The van der Waals surface area contributed by atoms with E-state index in [1.807, 2.05) is 6.07 Å². The molecule has 4 heteroatoms. The molecule has 1 aromatic carbocycles. The molecule has 0 unspecified atom stereocenters. The lowest BCUT2D eigenvalue weighted by Crippen LogP contribution is -2.06. The zero-order valence-corrected chi connectivity index (χ0v) is 9.27. The molecule has 2 aromatic rings. The van der Waals surface area contributed by atoms with Crippen molar-refractivity contribution < 1.29 is 9.18 Å². The van der Waals surface area contributed by atoms with Crippen LogP contribution < -0.4 is 5.32 Å². The lowest BCUT2D eigenvalue weighted by Gasteiger charge is -2.06. The van der Waals surface area contributed by atoms with Crippen LogP contribution in [0.1, 0.15) is 6.92 Å². The van der Waals surface area contributed by atoms with Gasteiger partial charge in [-0.25, -0.2) is 4.39 Å². The Morgan fingerprint density at radius 3 is 2.76 bits per heavy atom. The second kappa shape index (κ2) is 4.74. The monoisotopic (exact) mass is 230 g/mol. The molecule has 0 bridgehead atoms. The van der Waals surface area contributed by atoms with Crippen LogP contribution in [0.4, 0.5) is 10.1 Å². The van der Waals surface area contributed by atoms with E-state index in [0.717, 1.165) is 5.56 Å². The van der Waals surface area contributed by atoms with Crippen LogP contribution in [0.3, 0.4) is 0 Å². The molecule has 0 aliphatic heterocycles. The van der Waals surface area contributed by atoms with Gasteiger partial charge in [0.25, 0.3) is 0 Å². The topological polar surface area (TPSA) is 42.0 Å². The maximum absolute atomic E-state index is 13.4. The maximum Gasteiger partial charge on any atom is 0.221 e. The summed E-state index contributed by atoms with van der Waals surface area (Å²) in [6.45, 7) is 1.38. The quantitative estimate of drug-likeness (QED) is 0.861. The summed E-state index contributed by atoms with van der Waals surface area (Å²) < 4.78 is 13.4. The molecule has 0 spiro atoms. The average molecular weight is 230 g/mol. The van der Waals surface area contributed by atoms with Gasteiger partial charge < -0.3 is 5.32 Å². The van der Waals surface area contributed by atoms with Gasteiger partial charge in [0, 0.05) is 30.6 Å². The molecule has 0 atom stereocenters. The first kappa shape index (κ1) is 11.3. The molecule has 0 saturated carbocycles. The highest BCUT2D eigenvalue weighted by Crippen LogP contribution is 2.23. The Morgan fingerprint density at radius 1 is 1.29 bits per heavy atom. The van der Waals surface area contributed by atoms with Crippen LogP contribution in [0.5, 0.6) is 0 Å². The normalized spacial score (nSPS) is 10.0. The van der Waals surface area contributed by atoms with Gasteiger partial charge in [0.2, 0.25) is 5.91 Å².